The van der Waals surface area contributed by atoms with E-state index in [0.717, 1.165) is 25.6 Å². The topological polar surface area (TPSA) is 28.2 Å². The van der Waals surface area contributed by atoms with Gasteiger partial charge in [-0.05, 0) is 19.8 Å². The zero-order chi connectivity index (χ0) is 13.2. The predicted molar refractivity (Wildman–Crippen MR) is 77.8 cm³/mol. The molecule has 2 atom stereocenters. The van der Waals surface area contributed by atoms with E-state index in [1.165, 1.54) is 11.3 Å². The van der Waals surface area contributed by atoms with Gasteiger partial charge < -0.3 is 5.32 Å². The molecule has 1 N–H and O–H groups in total. The summed E-state index contributed by atoms with van der Waals surface area (Å²) in [6, 6.07) is 0.621. The molecule has 2 unspecified atom stereocenters. The molecule has 102 valence electrons. The van der Waals surface area contributed by atoms with E-state index in [-0.39, 0.29) is 5.54 Å². The van der Waals surface area contributed by atoms with Crippen molar-refractivity contribution in [2.24, 2.45) is 5.92 Å². The summed E-state index contributed by atoms with van der Waals surface area (Å²) in [6.07, 6.45) is 3.24. The number of piperazine rings is 1. The maximum Gasteiger partial charge on any atom is 0.0794 e. The fraction of sp³-hybridized carbons (Fsp3) is 0.786. The average Bonchev–Trinajstić information content (AvgIpc) is 2.83. The second-order valence-corrected chi connectivity index (χ2v) is 7.00. The Morgan fingerprint density at radius 1 is 1.61 bits per heavy atom. The molecule has 0 aromatic carbocycles. The van der Waals surface area contributed by atoms with Crippen LogP contribution in [0.1, 0.15) is 39.0 Å². The van der Waals surface area contributed by atoms with Crippen molar-refractivity contribution >= 4 is 11.3 Å². The zero-order valence-electron chi connectivity index (χ0n) is 11.9. The number of thiazole rings is 1. The van der Waals surface area contributed by atoms with Crippen molar-refractivity contribution in [2.75, 3.05) is 13.1 Å². The highest BCUT2D eigenvalue weighted by Gasteiger charge is 2.35. The Kier molecular flexibility index (Phi) is 4.41. The molecule has 1 fully saturated rings. The largest absolute Gasteiger partial charge is 0.311 e. The van der Waals surface area contributed by atoms with Gasteiger partial charge in [0.15, 0.2) is 0 Å². The second-order valence-electron chi connectivity index (χ2n) is 6.03. The molecule has 0 saturated carbocycles. The van der Waals surface area contributed by atoms with Crippen molar-refractivity contribution in [1.82, 2.24) is 15.2 Å². The third-order valence-corrected chi connectivity index (χ3v) is 5.00. The van der Waals surface area contributed by atoms with Crippen LogP contribution in [0.4, 0.5) is 0 Å². The molecule has 1 saturated heterocycles. The van der Waals surface area contributed by atoms with Gasteiger partial charge in [0.2, 0.25) is 0 Å². The van der Waals surface area contributed by atoms with Crippen LogP contribution in [0, 0.1) is 5.92 Å². The van der Waals surface area contributed by atoms with Gasteiger partial charge in [-0.2, -0.15) is 0 Å². The highest BCUT2D eigenvalue weighted by atomic mass is 32.1. The van der Waals surface area contributed by atoms with Crippen molar-refractivity contribution in [1.29, 1.82) is 0 Å². The van der Waals surface area contributed by atoms with Crippen LogP contribution in [0.5, 0.6) is 0 Å². The predicted octanol–water partition coefficient (Wildman–Crippen LogP) is 2.74. The SMILES string of the molecule is CCC(C)C1CN(Cc2cncs2)C(C)(C)CN1. The number of nitrogens with one attached hydrogen (secondary N) is 1. The third-order valence-electron chi connectivity index (χ3n) is 4.23. The fourth-order valence-corrected chi connectivity index (χ4v) is 3.10. The lowest BCUT2D eigenvalue weighted by atomic mass is 9.91. The van der Waals surface area contributed by atoms with Gasteiger partial charge in [-0.15, -0.1) is 11.3 Å². The van der Waals surface area contributed by atoms with Crippen LogP contribution in [0.2, 0.25) is 0 Å². The van der Waals surface area contributed by atoms with E-state index in [4.69, 9.17) is 0 Å². The van der Waals surface area contributed by atoms with Crippen LogP contribution in [-0.4, -0.2) is 34.6 Å². The van der Waals surface area contributed by atoms with Gasteiger partial charge in [0.1, 0.15) is 0 Å². The van der Waals surface area contributed by atoms with Gasteiger partial charge in [-0.25, -0.2) is 0 Å². The summed E-state index contributed by atoms with van der Waals surface area (Å²) >= 11 is 1.76. The number of hydrogen-bond acceptors (Lipinski definition) is 4. The summed E-state index contributed by atoms with van der Waals surface area (Å²) in [5.74, 6) is 0.741. The maximum absolute atomic E-state index is 4.18. The number of nitrogens with zero attached hydrogens (tertiary/aromatic N) is 2. The van der Waals surface area contributed by atoms with Crippen LogP contribution >= 0.6 is 11.3 Å². The molecule has 1 aliphatic heterocycles. The van der Waals surface area contributed by atoms with Crippen molar-refractivity contribution in [2.45, 2.75) is 52.2 Å². The van der Waals surface area contributed by atoms with E-state index in [9.17, 15) is 0 Å². The van der Waals surface area contributed by atoms with Crippen molar-refractivity contribution in [3.63, 3.8) is 0 Å². The van der Waals surface area contributed by atoms with Crippen LogP contribution in [0.15, 0.2) is 11.7 Å². The molecule has 4 heteroatoms. The molecule has 0 bridgehead atoms. The Morgan fingerprint density at radius 2 is 2.39 bits per heavy atom. The Hall–Kier alpha value is -0.450. The molecule has 1 aliphatic rings. The van der Waals surface area contributed by atoms with E-state index >= 15 is 0 Å². The molecular formula is C14H25N3S. The Labute approximate surface area is 115 Å². The highest BCUT2D eigenvalue weighted by molar-refractivity contribution is 7.09. The Balaban J connectivity index is 2.04. The first-order valence-electron chi connectivity index (χ1n) is 6.88. The van der Waals surface area contributed by atoms with Gasteiger partial charge in [-0.3, -0.25) is 9.88 Å². The lowest BCUT2D eigenvalue weighted by Crippen LogP contribution is -2.62. The normalized spacial score (nSPS) is 26.1. The van der Waals surface area contributed by atoms with Gasteiger partial charge >= 0.3 is 0 Å². The second kappa shape index (κ2) is 5.68. The summed E-state index contributed by atoms with van der Waals surface area (Å²) in [7, 11) is 0. The zero-order valence-corrected chi connectivity index (χ0v) is 12.8. The first kappa shape index (κ1) is 14.0. The molecule has 3 nitrogen and oxygen atoms in total. The summed E-state index contributed by atoms with van der Waals surface area (Å²) in [5, 5.41) is 3.72. The van der Waals surface area contributed by atoms with E-state index < -0.39 is 0 Å². The van der Waals surface area contributed by atoms with Gasteiger partial charge in [0.25, 0.3) is 0 Å². The van der Waals surface area contributed by atoms with Crippen LogP contribution < -0.4 is 5.32 Å². The first-order valence-corrected chi connectivity index (χ1v) is 7.76. The summed E-state index contributed by atoms with van der Waals surface area (Å²) in [6.45, 7) is 12.5. The lowest BCUT2D eigenvalue weighted by molar-refractivity contribution is 0.0457. The average molecular weight is 267 g/mol. The molecular weight excluding hydrogens is 242 g/mol. The highest BCUT2D eigenvalue weighted by Crippen LogP contribution is 2.25. The summed E-state index contributed by atoms with van der Waals surface area (Å²) < 4.78 is 0. The van der Waals surface area contributed by atoms with Gasteiger partial charge in [-0.1, -0.05) is 20.3 Å². The fourth-order valence-electron chi connectivity index (χ4n) is 2.49. The first-order chi connectivity index (χ1) is 8.53. The number of rotatable bonds is 4. The minimum Gasteiger partial charge on any atom is -0.311 e. The monoisotopic (exact) mass is 267 g/mol. The Morgan fingerprint density at radius 3 is 3.00 bits per heavy atom. The molecule has 1 aromatic heterocycles. The van der Waals surface area contributed by atoms with Crippen molar-refractivity contribution < 1.29 is 0 Å². The van der Waals surface area contributed by atoms with Crippen LogP contribution in [0.25, 0.3) is 0 Å². The van der Waals surface area contributed by atoms with Crippen molar-refractivity contribution in [3.05, 3.63) is 16.6 Å². The van der Waals surface area contributed by atoms with Crippen LogP contribution in [0.3, 0.4) is 0 Å². The van der Waals surface area contributed by atoms with Crippen LogP contribution in [-0.2, 0) is 6.54 Å². The maximum atomic E-state index is 4.18. The molecule has 0 amide bonds. The summed E-state index contributed by atoms with van der Waals surface area (Å²) in [5.41, 5.74) is 2.16. The van der Waals surface area contributed by atoms with Crippen molar-refractivity contribution in [3.8, 4) is 0 Å². The summed E-state index contributed by atoms with van der Waals surface area (Å²) in [4.78, 5) is 8.16. The van der Waals surface area contributed by atoms with E-state index in [1.807, 2.05) is 11.7 Å². The minimum absolute atomic E-state index is 0.230. The third kappa shape index (κ3) is 3.11. The minimum atomic E-state index is 0.230. The molecule has 2 heterocycles. The lowest BCUT2D eigenvalue weighted by Gasteiger charge is -2.47. The van der Waals surface area contributed by atoms with Gasteiger partial charge in [0, 0.05) is 42.3 Å². The van der Waals surface area contributed by atoms with E-state index in [2.05, 4.69) is 42.9 Å². The Bertz CT molecular complexity index is 361. The van der Waals surface area contributed by atoms with E-state index in [0.29, 0.717) is 6.04 Å². The number of hydrogen-bond donors (Lipinski definition) is 1. The van der Waals surface area contributed by atoms with Gasteiger partial charge in [0.05, 0.1) is 5.51 Å². The molecule has 1 aromatic rings. The molecule has 18 heavy (non-hydrogen) atoms. The van der Waals surface area contributed by atoms with E-state index in [1.54, 1.807) is 11.3 Å². The quantitative estimate of drug-likeness (QED) is 0.909. The molecule has 0 spiro atoms. The molecule has 2 rings (SSSR count). The smallest absolute Gasteiger partial charge is 0.0794 e. The molecule has 0 radical (unpaired) electrons. The molecule has 0 aliphatic carbocycles. The number of aromatic nitrogens is 1. The standard InChI is InChI=1S/C14H25N3S/c1-5-11(2)13-8-17(14(3,4)9-16-13)7-12-6-15-10-18-12/h6,10-11,13,16H,5,7-9H2,1-4H3.